The third-order valence-electron chi connectivity index (χ3n) is 4.04. The van der Waals surface area contributed by atoms with E-state index in [1.54, 1.807) is 26.0 Å². The summed E-state index contributed by atoms with van der Waals surface area (Å²) in [5.41, 5.74) is 1.66. The maximum atomic E-state index is 14.3. The molecule has 0 fully saturated rings. The van der Waals surface area contributed by atoms with Gasteiger partial charge in [-0.05, 0) is 37.6 Å². The van der Waals surface area contributed by atoms with E-state index in [0.717, 1.165) is 16.9 Å². The Morgan fingerprint density at radius 2 is 1.70 bits per heavy atom. The third kappa shape index (κ3) is 3.68. The molecule has 3 N–H and O–H groups in total. The number of phenols is 1. The Morgan fingerprint density at radius 1 is 1.04 bits per heavy atom. The van der Waals surface area contributed by atoms with E-state index in [1.165, 1.54) is 29.6 Å². The molecule has 0 radical (unpaired) electrons. The highest BCUT2D eigenvalue weighted by Gasteiger charge is 2.24. The molecule has 1 aromatic heterocycles. The number of phenolic OH excluding ortho intramolecular Hbond substituents is 1. The lowest BCUT2D eigenvalue weighted by molar-refractivity contribution is 0.0699. The fraction of sp³-hybridized carbons (Fsp3) is 0.100. The van der Waals surface area contributed by atoms with E-state index < -0.39 is 17.7 Å². The number of rotatable bonds is 4. The van der Waals surface area contributed by atoms with Crippen molar-refractivity contribution in [1.82, 2.24) is 0 Å². The van der Waals surface area contributed by atoms with Gasteiger partial charge in [-0.25, -0.2) is 9.18 Å². The topological polar surface area (TPSA) is 86.6 Å². The van der Waals surface area contributed by atoms with E-state index >= 15 is 0 Å². The minimum atomic E-state index is -1.28. The van der Waals surface area contributed by atoms with E-state index in [4.69, 9.17) is 0 Å². The van der Waals surface area contributed by atoms with Gasteiger partial charge in [0.05, 0.1) is 5.56 Å². The van der Waals surface area contributed by atoms with E-state index in [9.17, 15) is 24.2 Å². The molecule has 0 saturated carbocycles. The highest BCUT2D eigenvalue weighted by molar-refractivity contribution is 7.15. The lowest BCUT2D eigenvalue weighted by Gasteiger charge is -2.08. The fourth-order valence-corrected chi connectivity index (χ4v) is 3.65. The van der Waals surface area contributed by atoms with E-state index in [0.29, 0.717) is 5.56 Å². The number of amides is 1. The number of nitrogens with one attached hydrogen (secondary N) is 1. The van der Waals surface area contributed by atoms with Gasteiger partial charge in [0.25, 0.3) is 5.91 Å². The van der Waals surface area contributed by atoms with Gasteiger partial charge in [0, 0.05) is 16.5 Å². The number of carboxylic acid groups (broad SMARTS) is 1. The zero-order chi connectivity index (χ0) is 19.7. The Kier molecular flexibility index (Phi) is 4.96. The van der Waals surface area contributed by atoms with Crippen LogP contribution >= 0.6 is 11.3 Å². The average molecular weight is 385 g/mol. The molecule has 0 saturated heterocycles. The van der Waals surface area contributed by atoms with Gasteiger partial charge in [-0.1, -0.05) is 23.8 Å². The summed E-state index contributed by atoms with van der Waals surface area (Å²) in [6, 6.07) is 9.06. The van der Waals surface area contributed by atoms with Crippen molar-refractivity contribution in [2.75, 3.05) is 5.32 Å². The molecular formula is C20H16FNO4S. The molecule has 7 heteroatoms. The van der Waals surface area contributed by atoms with Crippen molar-refractivity contribution in [3.05, 3.63) is 69.8 Å². The maximum Gasteiger partial charge on any atom is 0.339 e. The molecule has 3 aromatic rings. The smallest absolute Gasteiger partial charge is 0.339 e. The van der Waals surface area contributed by atoms with Gasteiger partial charge < -0.3 is 15.5 Å². The Hall–Kier alpha value is -3.19. The monoisotopic (exact) mass is 385 g/mol. The number of aromatic carboxylic acids is 1. The van der Waals surface area contributed by atoms with Crippen LogP contribution in [-0.4, -0.2) is 22.1 Å². The number of carbonyl (C=O) groups excluding carboxylic acids is 1. The molecule has 27 heavy (non-hydrogen) atoms. The van der Waals surface area contributed by atoms with Crippen molar-refractivity contribution in [1.29, 1.82) is 0 Å². The van der Waals surface area contributed by atoms with Gasteiger partial charge in [-0.3, -0.25) is 4.79 Å². The molecule has 0 aliphatic heterocycles. The second-order valence-corrected chi connectivity index (χ2v) is 7.00. The van der Waals surface area contributed by atoms with Crippen LogP contribution in [0, 0.1) is 19.7 Å². The molecule has 0 unspecified atom stereocenters. The highest BCUT2D eigenvalue weighted by Crippen LogP contribution is 2.37. The number of carbonyl (C=O) groups is 2. The van der Waals surface area contributed by atoms with Crippen molar-refractivity contribution < 1.29 is 24.2 Å². The molecule has 0 atom stereocenters. The van der Waals surface area contributed by atoms with E-state index in [-0.39, 0.29) is 33.0 Å². The lowest BCUT2D eigenvalue weighted by atomic mass is 10.0. The summed E-state index contributed by atoms with van der Waals surface area (Å²) in [6.07, 6.45) is 0. The number of aryl methyl sites for hydroxylation is 2. The van der Waals surface area contributed by atoms with Gasteiger partial charge in [-0.15, -0.1) is 11.3 Å². The van der Waals surface area contributed by atoms with E-state index in [2.05, 4.69) is 5.32 Å². The molecule has 1 amide bonds. The predicted molar refractivity (Wildman–Crippen MR) is 102 cm³/mol. The predicted octanol–water partition coefficient (Wildman–Crippen LogP) is 4.83. The molecule has 0 aliphatic rings. The molecule has 0 aliphatic carbocycles. The SMILES string of the molecule is Cc1ccc(-c2csc(NC(=O)c3cc(C)ccc3O)c2C(=O)O)c(F)c1. The number of anilines is 1. The maximum absolute atomic E-state index is 14.3. The average Bonchev–Trinajstić information content (AvgIpc) is 3.00. The van der Waals surface area contributed by atoms with Crippen LogP contribution in [0.4, 0.5) is 9.39 Å². The van der Waals surface area contributed by atoms with Crippen LogP contribution in [-0.2, 0) is 0 Å². The van der Waals surface area contributed by atoms with Crippen molar-refractivity contribution >= 4 is 28.2 Å². The summed E-state index contributed by atoms with van der Waals surface area (Å²) >= 11 is 0.984. The summed E-state index contributed by atoms with van der Waals surface area (Å²) in [7, 11) is 0. The molecule has 5 nitrogen and oxygen atoms in total. The van der Waals surface area contributed by atoms with Crippen molar-refractivity contribution in [2.24, 2.45) is 0 Å². The first-order valence-corrected chi connectivity index (χ1v) is 8.88. The second-order valence-electron chi connectivity index (χ2n) is 6.12. The van der Waals surface area contributed by atoms with Gasteiger partial charge in [0.15, 0.2) is 0 Å². The van der Waals surface area contributed by atoms with E-state index in [1.807, 2.05) is 0 Å². The highest BCUT2D eigenvalue weighted by atomic mass is 32.1. The van der Waals surface area contributed by atoms with Crippen LogP contribution < -0.4 is 5.32 Å². The fourth-order valence-electron chi connectivity index (χ4n) is 2.70. The number of carboxylic acids is 1. The van der Waals surface area contributed by atoms with Crippen LogP contribution in [0.5, 0.6) is 5.75 Å². The Labute approximate surface area is 158 Å². The standard InChI is InChI=1S/C20H16FNO4S/c1-10-4-6-16(23)13(7-10)18(24)22-19-17(20(25)26)14(9-27-19)12-5-3-11(2)8-15(12)21/h3-9,23H,1-2H3,(H,22,24)(H,25,26). The normalized spacial score (nSPS) is 10.6. The number of aromatic hydroxyl groups is 1. The molecule has 0 spiro atoms. The Morgan fingerprint density at radius 3 is 2.37 bits per heavy atom. The molecule has 2 aromatic carbocycles. The van der Waals surface area contributed by atoms with Crippen LogP contribution in [0.25, 0.3) is 11.1 Å². The number of hydrogen-bond donors (Lipinski definition) is 3. The van der Waals surface area contributed by atoms with Crippen LogP contribution in [0.15, 0.2) is 41.8 Å². The van der Waals surface area contributed by atoms with Gasteiger partial charge in [0.2, 0.25) is 0 Å². The van der Waals surface area contributed by atoms with Crippen molar-refractivity contribution in [2.45, 2.75) is 13.8 Å². The molecular weight excluding hydrogens is 369 g/mol. The molecule has 3 rings (SSSR count). The zero-order valence-corrected chi connectivity index (χ0v) is 15.4. The minimum Gasteiger partial charge on any atom is -0.507 e. The largest absolute Gasteiger partial charge is 0.507 e. The minimum absolute atomic E-state index is 0.0304. The van der Waals surface area contributed by atoms with Crippen molar-refractivity contribution in [3.8, 4) is 16.9 Å². The quantitative estimate of drug-likeness (QED) is 0.600. The molecule has 1 heterocycles. The van der Waals surface area contributed by atoms with Crippen LogP contribution in [0.1, 0.15) is 31.8 Å². The van der Waals surface area contributed by atoms with Gasteiger partial charge in [0.1, 0.15) is 22.1 Å². The Balaban J connectivity index is 2.02. The van der Waals surface area contributed by atoms with Crippen LogP contribution in [0.3, 0.4) is 0 Å². The molecule has 138 valence electrons. The Bertz CT molecular complexity index is 1060. The number of thiophene rings is 1. The number of hydrogen-bond acceptors (Lipinski definition) is 4. The first-order valence-electron chi connectivity index (χ1n) is 8.00. The first-order chi connectivity index (χ1) is 12.8. The summed E-state index contributed by atoms with van der Waals surface area (Å²) in [5.74, 6) is -2.67. The molecule has 0 bridgehead atoms. The lowest BCUT2D eigenvalue weighted by Crippen LogP contribution is -2.14. The summed E-state index contributed by atoms with van der Waals surface area (Å²) in [6.45, 7) is 3.50. The third-order valence-corrected chi connectivity index (χ3v) is 4.94. The number of benzene rings is 2. The zero-order valence-electron chi connectivity index (χ0n) is 14.5. The number of halogens is 1. The first kappa shape index (κ1) is 18.6. The summed E-state index contributed by atoms with van der Waals surface area (Å²) in [4.78, 5) is 24.3. The van der Waals surface area contributed by atoms with Crippen LogP contribution in [0.2, 0.25) is 0 Å². The summed E-state index contributed by atoms with van der Waals surface area (Å²) in [5, 5.41) is 23.6. The van der Waals surface area contributed by atoms with Crippen molar-refractivity contribution in [3.63, 3.8) is 0 Å². The van der Waals surface area contributed by atoms with Gasteiger partial charge >= 0.3 is 5.97 Å². The summed E-state index contributed by atoms with van der Waals surface area (Å²) < 4.78 is 14.3. The van der Waals surface area contributed by atoms with Gasteiger partial charge in [-0.2, -0.15) is 0 Å². The second kappa shape index (κ2) is 7.20.